The zero-order valence-electron chi connectivity index (χ0n) is 19.9. The van der Waals surface area contributed by atoms with Crippen LogP contribution in [-0.4, -0.2) is 40.2 Å². The van der Waals surface area contributed by atoms with E-state index in [2.05, 4.69) is 5.32 Å². The number of anilines is 1. The van der Waals surface area contributed by atoms with Gasteiger partial charge in [-0.05, 0) is 49.1 Å². The first-order valence-corrected chi connectivity index (χ1v) is 12.8. The van der Waals surface area contributed by atoms with E-state index in [1.54, 1.807) is 50.4 Å². The Balaban J connectivity index is 1.52. The molecule has 188 valence electrons. The molecule has 0 spiro atoms. The van der Waals surface area contributed by atoms with Crippen LogP contribution in [0.25, 0.3) is 0 Å². The minimum atomic E-state index is -4.13. The van der Waals surface area contributed by atoms with Gasteiger partial charge in [-0.15, -0.1) is 0 Å². The molecular formula is C26H27N3O6S. The van der Waals surface area contributed by atoms with Crippen LogP contribution < -0.4 is 24.4 Å². The summed E-state index contributed by atoms with van der Waals surface area (Å²) in [6.07, 6.45) is 0.757. The molecule has 3 amide bonds. The monoisotopic (exact) mass is 509 g/mol. The number of urea groups is 1. The summed E-state index contributed by atoms with van der Waals surface area (Å²) < 4.78 is 38.3. The number of fused-ring (bicyclic) bond motifs is 1. The van der Waals surface area contributed by atoms with Crippen LogP contribution in [0.5, 0.6) is 11.5 Å². The molecule has 1 aliphatic heterocycles. The predicted molar refractivity (Wildman–Crippen MR) is 135 cm³/mol. The Morgan fingerprint density at radius 1 is 0.972 bits per heavy atom. The maximum Gasteiger partial charge on any atom is 0.329 e. The normalized spacial score (nSPS) is 13.1. The van der Waals surface area contributed by atoms with Crippen molar-refractivity contribution in [3.63, 3.8) is 0 Å². The quantitative estimate of drug-likeness (QED) is 0.481. The summed E-state index contributed by atoms with van der Waals surface area (Å²) >= 11 is 0. The zero-order valence-corrected chi connectivity index (χ0v) is 20.7. The third kappa shape index (κ3) is 5.77. The first-order valence-electron chi connectivity index (χ1n) is 11.3. The maximum atomic E-state index is 13.5. The van der Waals surface area contributed by atoms with Crippen molar-refractivity contribution in [1.82, 2.24) is 10.0 Å². The van der Waals surface area contributed by atoms with Gasteiger partial charge in [0.15, 0.2) is 11.5 Å². The fourth-order valence-electron chi connectivity index (χ4n) is 3.89. The molecule has 0 saturated carbocycles. The van der Waals surface area contributed by atoms with Gasteiger partial charge in [-0.1, -0.05) is 48.5 Å². The molecule has 10 heteroatoms. The number of hydrogen-bond donors (Lipinski definition) is 2. The van der Waals surface area contributed by atoms with Crippen molar-refractivity contribution in [3.05, 3.63) is 83.9 Å². The van der Waals surface area contributed by atoms with E-state index >= 15 is 0 Å². The van der Waals surface area contributed by atoms with Crippen LogP contribution in [0.1, 0.15) is 17.5 Å². The summed E-state index contributed by atoms with van der Waals surface area (Å²) in [4.78, 5) is 27.6. The lowest BCUT2D eigenvalue weighted by Crippen LogP contribution is -2.51. The topological polar surface area (TPSA) is 114 Å². The number of sulfonamides is 1. The zero-order chi connectivity index (χ0) is 25.7. The molecule has 3 aromatic carbocycles. The van der Waals surface area contributed by atoms with Crippen molar-refractivity contribution < 1.29 is 27.5 Å². The van der Waals surface area contributed by atoms with Crippen molar-refractivity contribution in [2.75, 3.05) is 18.7 Å². The number of likely N-dealkylation sites (N-methyl/N-ethyl adjacent to an activating group) is 1. The highest BCUT2D eigenvalue weighted by molar-refractivity contribution is 7.90. The van der Waals surface area contributed by atoms with Crippen LogP contribution in [0.3, 0.4) is 0 Å². The molecule has 36 heavy (non-hydrogen) atoms. The fourth-order valence-corrected chi connectivity index (χ4v) is 5.05. The van der Waals surface area contributed by atoms with Crippen LogP contribution in [0.15, 0.2) is 77.7 Å². The van der Waals surface area contributed by atoms with Crippen molar-refractivity contribution in [2.45, 2.75) is 30.7 Å². The van der Waals surface area contributed by atoms with Gasteiger partial charge in [-0.2, -0.15) is 0 Å². The van der Waals surface area contributed by atoms with Crippen LogP contribution in [0.2, 0.25) is 0 Å². The smallest absolute Gasteiger partial charge is 0.329 e. The number of carbonyl (C=O) groups is 2. The van der Waals surface area contributed by atoms with Crippen LogP contribution in [0, 0.1) is 6.92 Å². The number of nitrogens with one attached hydrogen (secondary N) is 2. The van der Waals surface area contributed by atoms with Gasteiger partial charge in [0.2, 0.25) is 12.7 Å². The van der Waals surface area contributed by atoms with E-state index in [4.69, 9.17) is 9.47 Å². The Morgan fingerprint density at radius 3 is 2.42 bits per heavy atom. The molecule has 3 aromatic rings. The number of ether oxygens (including phenoxy) is 2. The molecule has 4 rings (SSSR count). The van der Waals surface area contributed by atoms with E-state index in [0.717, 1.165) is 5.56 Å². The summed E-state index contributed by atoms with van der Waals surface area (Å²) in [5.41, 5.74) is 2.02. The molecule has 0 aliphatic carbocycles. The van der Waals surface area contributed by atoms with Gasteiger partial charge in [-0.3, -0.25) is 4.79 Å². The molecular weight excluding hydrogens is 482 g/mol. The molecule has 0 saturated heterocycles. The van der Waals surface area contributed by atoms with E-state index in [1.165, 1.54) is 11.0 Å². The Bertz CT molecular complexity index is 1360. The Kier molecular flexibility index (Phi) is 7.44. The highest BCUT2D eigenvalue weighted by Crippen LogP contribution is 2.35. The van der Waals surface area contributed by atoms with Crippen LogP contribution in [0.4, 0.5) is 10.5 Å². The molecule has 0 aromatic heterocycles. The molecule has 2 N–H and O–H groups in total. The van der Waals surface area contributed by atoms with E-state index in [0.29, 0.717) is 29.2 Å². The summed E-state index contributed by atoms with van der Waals surface area (Å²) in [5.74, 6) is 0.690. The van der Waals surface area contributed by atoms with Gasteiger partial charge in [0, 0.05) is 18.8 Å². The molecule has 1 aliphatic rings. The summed E-state index contributed by atoms with van der Waals surface area (Å²) in [5, 5.41) is 2.56. The molecule has 9 nitrogen and oxygen atoms in total. The minimum absolute atomic E-state index is 0.00945. The second-order valence-electron chi connectivity index (χ2n) is 8.36. The average Bonchev–Trinajstić information content (AvgIpc) is 3.34. The van der Waals surface area contributed by atoms with Crippen molar-refractivity contribution in [3.8, 4) is 11.5 Å². The first-order chi connectivity index (χ1) is 17.2. The van der Waals surface area contributed by atoms with Gasteiger partial charge in [0.1, 0.15) is 6.04 Å². The number of amides is 3. The van der Waals surface area contributed by atoms with E-state index in [-0.39, 0.29) is 18.1 Å². The lowest BCUT2D eigenvalue weighted by molar-refractivity contribution is -0.120. The van der Waals surface area contributed by atoms with Gasteiger partial charge in [0.25, 0.3) is 10.0 Å². The van der Waals surface area contributed by atoms with Gasteiger partial charge in [0.05, 0.1) is 4.90 Å². The highest BCUT2D eigenvalue weighted by Gasteiger charge is 2.28. The van der Waals surface area contributed by atoms with Gasteiger partial charge in [-0.25, -0.2) is 17.9 Å². The second kappa shape index (κ2) is 10.7. The maximum absolute atomic E-state index is 13.5. The molecule has 0 fully saturated rings. The SMILES string of the molecule is Cc1ccccc1S(=O)(=O)NC(=O)N[C@H](CCc1ccccc1)C(=O)N(C)c1ccc2c(c1)OCO2. The number of aryl methyl sites for hydroxylation is 2. The van der Waals surface area contributed by atoms with Crippen LogP contribution in [-0.2, 0) is 21.2 Å². The standard InChI is InChI=1S/C26H27N3O6S/c1-18-8-6-7-11-24(18)36(32,33)28-26(31)27-21(14-12-19-9-4-3-5-10-19)25(30)29(2)20-13-15-22-23(16-20)35-17-34-22/h3-11,13,15-16,21H,12,14,17H2,1-2H3,(H2,27,28,31)/t21-/m1/s1. The number of benzene rings is 3. The Morgan fingerprint density at radius 2 is 1.67 bits per heavy atom. The third-order valence-corrected chi connectivity index (χ3v) is 7.34. The van der Waals surface area contributed by atoms with Crippen molar-refractivity contribution in [2.24, 2.45) is 0 Å². The summed E-state index contributed by atoms with van der Waals surface area (Å²) in [6, 6.07) is 19.0. The minimum Gasteiger partial charge on any atom is -0.454 e. The van der Waals surface area contributed by atoms with Crippen molar-refractivity contribution in [1.29, 1.82) is 0 Å². The molecule has 1 atom stereocenters. The van der Waals surface area contributed by atoms with Crippen molar-refractivity contribution >= 4 is 27.6 Å². The first kappa shape index (κ1) is 25.1. The number of nitrogens with zero attached hydrogens (tertiary/aromatic N) is 1. The van der Waals surface area contributed by atoms with E-state index < -0.39 is 28.0 Å². The Hall–Kier alpha value is -4.05. The summed E-state index contributed by atoms with van der Waals surface area (Å²) in [6.45, 7) is 1.74. The molecule has 0 bridgehead atoms. The summed E-state index contributed by atoms with van der Waals surface area (Å²) in [7, 11) is -2.54. The average molecular weight is 510 g/mol. The Labute approximate surface area is 210 Å². The number of rotatable bonds is 8. The molecule has 0 radical (unpaired) electrons. The van der Waals surface area contributed by atoms with Gasteiger partial charge < -0.3 is 19.7 Å². The number of carbonyl (C=O) groups excluding carboxylic acids is 2. The van der Waals surface area contributed by atoms with E-state index in [1.807, 2.05) is 35.1 Å². The largest absolute Gasteiger partial charge is 0.454 e. The third-order valence-electron chi connectivity index (χ3n) is 5.85. The molecule has 0 unspecified atom stereocenters. The predicted octanol–water partition coefficient (Wildman–Crippen LogP) is 3.38. The lowest BCUT2D eigenvalue weighted by atomic mass is 10.0. The van der Waals surface area contributed by atoms with Gasteiger partial charge >= 0.3 is 6.03 Å². The molecule has 1 heterocycles. The fraction of sp³-hybridized carbons (Fsp3) is 0.231. The second-order valence-corrected chi connectivity index (χ2v) is 10.0. The highest BCUT2D eigenvalue weighted by atomic mass is 32.2. The lowest BCUT2D eigenvalue weighted by Gasteiger charge is -2.25. The van der Waals surface area contributed by atoms with Crippen LogP contribution >= 0.6 is 0 Å². The van der Waals surface area contributed by atoms with E-state index in [9.17, 15) is 18.0 Å². The number of hydrogen-bond acceptors (Lipinski definition) is 6.